The van der Waals surface area contributed by atoms with Crippen LogP contribution in [0.5, 0.6) is 0 Å². The summed E-state index contributed by atoms with van der Waals surface area (Å²) >= 11 is 0. The zero-order chi connectivity index (χ0) is 15.9. The summed E-state index contributed by atoms with van der Waals surface area (Å²) in [6.07, 6.45) is 0.187. The highest BCUT2D eigenvalue weighted by atomic mass is 19.1. The van der Waals surface area contributed by atoms with E-state index in [0.717, 1.165) is 6.08 Å². The van der Waals surface area contributed by atoms with E-state index >= 15 is 0 Å². The Morgan fingerprint density at radius 3 is 2.30 bits per heavy atom. The average Bonchev–Trinajstić information content (AvgIpc) is 2.21. The largest absolute Gasteiger partial charge is 0.481 e. The highest BCUT2D eigenvalue weighted by Crippen LogP contribution is 2.16. The van der Waals surface area contributed by atoms with Crippen molar-refractivity contribution in [2.45, 2.75) is 59.1 Å². The lowest BCUT2D eigenvalue weighted by Crippen LogP contribution is -2.40. The lowest BCUT2D eigenvalue weighted by molar-refractivity contribution is -0.136. The molecule has 0 saturated carbocycles. The molecule has 1 atom stereocenters. The zero-order valence-electron chi connectivity index (χ0n) is 12.7. The monoisotopic (exact) mass is 289 g/mol. The predicted octanol–water partition coefficient (Wildman–Crippen LogP) is 3.25. The molecule has 0 fully saturated rings. The van der Waals surface area contributed by atoms with E-state index < -0.39 is 36.0 Å². The summed E-state index contributed by atoms with van der Waals surface area (Å²) in [5, 5.41) is 11.0. The van der Waals surface area contributed by atoms with E-state index in [4.69, 9.17) is 9.84 Å². The topological polar surface area (TPSA) is 75.6 Å². The maximum atomic E-state index is 13.9. The van der Waals surface area contributed by atoms with Gasteiger partial charge in [0.15, 0.2) is 0 Å². The van der Waals surface area contributed by atoms with Crippen LogP contribution in [0.2, 0.25) is 0 Å². The molecule has 0 radical (unpaired) electrons. The molecule has 0 saturated heterocycles. The number of carboxylic acids is 1. The van der Waals surface area contributed by atoms with Gasteiger partial charge in [-0.3, -0.25) is 4.79 Å². The Kier molecular flexibility index (Phi) is 7.24. The number of nitrogens with one attached hydrogen (secondary N) is 1. The number of alkyl carbamates (subject to hydrolysis) is 1. The first kappa shape index (κ1) is 18.4. The van der Waals surface area contributed by atoms with E-state index in [0.29, 0.717) is 6.42 Å². The van der Waals surface area contributed by atoms with Gasteiger partial charge in [-0.25, -0.2) is 9.18 Å². The molecule has 0 spiro atoms. The van der Waals surface area contributed by atoms with E-state index in [1.807, 2.05) is 13.8 Å². The molecule has 6 heteroatoms. The summed E-state index contributed by atoms with van der Waals surface area (Å²) in [5.74, 6) is -1.65. The minimum atomic E-state index is -1.12. The molecule has 0 heterocycles. The number of rotatable bonds is 6. The lowest BCUT2D eigenvalue weighted by Gasteiger charge is -2.24. The molecular formula is C14H24FNO4. The Morgan fingerprint density at radius 2 is 1.90 bits per heavy atom. The number of carbonyl (C=O) groups excluding carboxylic acids is 1. The Morgan fingerprint density at radius 1 is 1.35 bits per heavy atom. The van der Waals surface area contributed by atoms with Gasteiger partial charge in [-0.1, -0.05) is 13.8 Å². The molecule has 1 unspecified atom stereocenters. The van der Waals surface area contributed by atoms with Gasteiger partial charge in [0.05, 0.1) is 12.5 Å². The number of aliphatic carboxylic acids is 1. The summed E-state index contributed by atoms with van der Waals surface area (Å²) in [7, 11) is 0. The maximum Gasteiger partial charge on any atom is 0.408 e. The molecular weight excluding hydrogens is 265 g/mol. The van der Waals surface area contributed by atoms with Crippen molar-refractivity contribution in [1.29, 1.82) is 0 Å². The fourth-order valence-corrected chi connectivity index (χ4v) is 1.49. The van der Waals surface area contributed by atoms with E-state index in [-0.39, 0.29) is 5.92 Å². The minimum Gasteiger partial charge on any atom is -0.481 e. The van der Waals surface area contributed by atoms with Crippen molar-refractivity contribution in [3.8, 4) is 0 Å². The first-order chi connectivity index (χ1) is 9.01. The number of hydrogen-bond acceptors (Lipinski definition) is 3. The van der Waals surface area contributed by atoms with Crippen LogP contribution in [0.15, 0.2) is 11.9 Å². The Bertz CT molecular complexity index is 372. The van der Waals surface area contributed by atoms with Crippen LogP contribution in [-0.4, -0.2) is 28.8 Å². The molecule has 0 aromatic rings. The smallest absolute Gasteiger partial charge is 0.408 e. The van der Waals surface area contributed by atoms with Gasteiger partial charge in [0.25, 0.3) is 0 Å². The molecule has 1 amide bonds. The summed E-state index contributed by atoms with van der Waals surface area (Å²) in [6, 6.07) is -0.871. The Balaban J connectivity index is 4.76. The highest BCUT2D eigenvalue weighted by Gasteiger charge is 2.23. The van der Waals surface area contributed by atoms with Crippen molar-refractivity contribution in [2.75, 3.05) is 0 Å². The van der Waals surface area contributed by atoms with Gasteiger partial charge >= 0.3 is 12.1 Å². The number of halogens is 1. The summed E-state index contributed by atoms with van der Waals surface area (Å²) in [6.45, 7) is 8.89. The quantitative estimate of drug-likeness (QED) is 0.787. The third-order valence-corrected chi connectivity index (χ3v) is 2.20. The summed E-state index contributed by atoms with van der Waals surface area (Å²) < 4.78 is 19.0. The van der Waals surface area contributed by atoms with Gasteiger partial charge in [0.2, 0.25) is 0 Å². The fraction of sp³-hybridized carbons (Fsp3) is 0.714. The van der Waals surface area contributed by atoms with Crippen molar-refractivity contribution in [1.82, 2.24) is 5.32 Å². The van der Waals surface area contributed by atoms with E-state index in [9.17, 15) is 14.0 Å². The van der Waals surface area contributed by atoms with Crippen LogP contribution in [0, 0.1) is 5.92 Å². The molecule has 0 aromatic carbocycles. The summed E-state index contributed by atoms with van der Waals surface area (Å²) in [5.41, 5.74) is -0.673. The molecule has 5 nitrogen and oxygen atoms in total. The van der Waals surface area contributed by atoms with Crippen molar-refractivity contribution < 1.29 is 23.8 Å². The SMILES string of the molecule is CC(C)CC(NC(=O)OC(C)(C)C)/C(F)=C/CC(=O)O. The Hall–Kier alpha value is -1.59. The predicted molar refractivity (Wildman–Crippen MR) is 74.1 cm³/mol. The van der Waals surface area contributed by atoms with Gasteiger partial charge in [-0.2, -0.15) is 0 Å². The number of carbonyl (C=O) groups is 2. The molecule has 20 heavy (non-hydrogen) atoms. The zero-order valence-corrected chi connectivity index (χ0v) is 12.7. The standard InChI is InChI=1S/C14H24FNO4/c1-9(2)8-11(10(15)6-7-12(17)18)16-13(19)20-14(3,4)5/h6,9,11H,7-8H2,1-5H3,(H,16,19)(H,17,18)/b10-6-. The van der Waals surface area contributed by atoms with E-state index in [1.165, 1.54) is 0 Å². The van der Waals surface area contributed by atoms with Gasteiger partial charge < -0.3 is 15.2 Å². The average molecular weight is 289 g/mol. The van der Waals surface area contributed by atoms with E-state index in [1.54, 1.807) is 20.8 Å². The Labute approximate surface area is 119 Å². The first-order valence-corrected chi connectivity index (χ1v) is 6.58. The molecule has 0 bridgehead atoms. The molecule has 0 aliphatic heterocycles. The third kappa shape index (κ3) is 9.35. The third-order valence-electron chi connectivity index (χ3n) is 2.20. The molecule has 0 aromatic heterocycles. The number of hydrogen-bond donors (Lipinski definition) is 2. The van der Waals surface area contributed by atoms with Crippen molar-refractivity contribution >= 4 is 12.1 Å². The number of amides is 1. The van der Waals surface area contributed by atoms with Crippen molar-refractivity contribution in [2.24, 2.45) is 5.92 Å². The molecule has 116 valence electrons. The normalized spacial score (nSPS) is 14.1. The first-order valence-electron chi connectivity index (χ1n) is 6.58. The van der Waals surface area contributed by atoms with Crippen molar-refractivity contribution in [3.05, 3.63) is 11.9 Å². The second-order valence-electron chi connectivity index (χ2n) is 6.02. The van der Waals surface area contributed by atoms with Crippen LogP contribution in [-0.2, 0) is 9.53 Å². The number of ether oxygens (including phenoxy) is 1. The van der Waals surface area contributed by atoms with E-state index in [2.05, 4.69) is 5.32 Å². The molecule has 0 rings (SSSR count). The second-order valence-corrected chi connectivity index (χ2v) is 6.02. The van der Waals surface area contributed by atoms with Gasteiger partial charge in [0.1, 0.15) is 11.4 Å². The van der Waals surface area contributed by atoms with Crippen LogP contribution in [0.3, 0.4) is 0 Å². The minimum absolute atomic E-state index is 0.138. The van der Waals surface area contributed by atoms with Crippen LogP contribution in [0.1, 0.15) is 47.5 Å². The molecule has 0 aliphatic carbocycles. The van der Waals surface area contributed by atoms with Gasteiger partial charge in [-0.15, -0.1) is 0 Å². The highest BCUT2D eigenvalue weighted by molar-refractivity contribution is 5.69. The van der Waals surface area contributed by atoms with Gasteiger partial charge in [-0.05, 0) is 39.2 Å². The fourth-order valence-electron chi connectivity index (χ4n) is 1.49. The van der Waals surface area contributed by atoms with Crippen LogP contribution >= 0.6 is 0 Å². The van der Waals surface area contributed by atoms with Crippen LogP contribution in [0.4, 0.5) is 9.18 Å². The number of carboxylic acid groups (broad SMARTS) is 1. The van der Waals surface area contributed by atoms with Crippen LogP contribution in [0.25, 0.3) is 0 Å². The van der Waals surface area contributed by atoms with Gasteiger partial charge in [0, 0.05) is 0 Å². The van der Waals surface area contributed by atoms with Crippen molar-refractivity contribution in [3.63, 3.8) is 0 Å². The molecule has 2 N–H and O–H groups in total. The maximum absolute atomic E-state index is 13.9. The lowest BCUT2D eigenvalue weighted by atomic mass is 10.0. The second kappa shape index (κ2) is 7.87. The molecule has 0 aliphatic rings. The van der Waals surface area contributed by atoms with Crippen LogP contribution < -0.4 is 5.32 Å². The summed E-state index contributed by atoms with van der Waals surface area (Å²) in [4.78, 5) is 22.1.